The molecule has 2 atom stereocenters. The molecule has 0 aromatic carbocycles. The summed E-state index contributed by atoms with van der Waals surface area (Å²) in [6.45, 7) is 6.24. The van der Waals surface area contributed by atoms with Crippen molar-refractivity contribution in [3.8, 4) is 0 Å². The molecule has 1 fully saturated rings. The maximum Gasteiger partial charge on any atom is 0.225 e. The van der Waals surface area contributed by atoms with Crippen LogP contribution in [-0.4, -0.2) is 35.3 Å². The Morgan fingerprint density at radius 2 is 2.12 bits per heavy atom. The molecule has 1 saturated heterocycles. The van der Waals surface area contributed by atoms with Gasteiger partial charge in [-0.2, -0.15) is 0 Å². The molecular formula is C11H18N4O. The van der Waals surface area contributed by atoms with E-state index in [1.807, 2.05) is 6.07 Å². The van der Waals surface area contributed by atoms with Gasteiger partial charge in [0.15, 0.2) is 0 Å². The smallest absolute Gasteiger partial charge is 0.225 e. The van der Waals surface area contributed by atoms with Crippen molar-refractivity contribution in [2.24, 2.45) is 5.73 Å². The highest BCUT2D eigenvalue weighted by Crippen LogP contribution is 2.16. The lowest BCUT2D eigenvalue weighted by molar-refractivity contribution is -0.00573. The molecule has 2 unspecified atom stereocenters. The first kappa shape index (κ1) is 11.3. The van der Waals surface area contributed by atoms with Crippen LogP contribution in [0.15, 0.2) is 12.3 Å². The van der Waals surface area contributed by atoms with Crippen molar-refractivity contribution in [2.75, 3.05) is 18.0 Å². The third-order valence-electron chi connectivity index (χ3n) is 2.61. The van der Waals surface area contributed by atoms with Crippen LogP contribution >= 0.6 is 0 Å². The molecule has 1 aromatic rings. The zero-order chi connectivity index (χ0) is 11.5. The van der Waals surface area contributed by atoms with Crippen LogP contribution in [0.4, 0.5) is 5.95 Å². The maximum absolute atomic E-state index is 5.67. The van der Waals surface area contributed by atoms with E-state index in [4.69, 9.17) is 10.5 Å². The molecule has 0 radical (unpaired) electrons. The van der Waals surface area contributed by atoms with E-state index in [-0.39, 0.29) is 12.2 Å². The first-order valence-corrected chi connectivity index (χ1v) is 5.61. The fourth-order valence-electron chi connectivity index (χ4n) is 1.99. The average molecular weight is 222 g/mol. The molecular weight excluding hydrogens is 204 g/mol. The monoisotopic (exact) mass is 222 g/mol. The molecule has 0 amide bonds. The SMILES string of the molecule is CC1CN(c2nccc(CN)n2)CC(C)O1. The van der Waals surface area contributed by atoms with Crippen LogP contribution in [0, 0.1) is 0 Å². The molecule has 0 aliphatic carbocycles. The molecule has 2 rings (SSSR count). The number of hydrogen-bond acceptors (Lipinski definition) is 5. The molecule has 0 saturated carbocycles. The normalized spacial score (nSPS) is 25.8. The summed E-state index contributed by atoms with van der Waals surface area (Å²) in [7, 11) is 0. The van der Waals surface area contributed by atoms with E-state index in [9.17, 15) is 0 Å². The van der Waals surface area contributed by atoms with Gasteiger partial charge >= 0.3 is 0 Å². The minimum Gasteiger partial charge on any atom is -0.372 e. The molecule has 0 bridgehead atoms. The Morgan fingerprint density at radius 1 is 1.44 bits per heavy atom. The number of rotatable bonds is 2. The van der Waals surface area contributed by atoms with Gasteiger partial charge in [-0.05, 0) is 19.9 Å². The number of morpholine rings is 1. The number of nitrogens with zero attached hydrogens (tertiary/aromatic N) is 3. The minimum absolute atomic E-state index is 0.217. The Bertz CT molecular complexity index is 348. The Labute approximate surface area is 95.6 Å². The van der Waals surface area contributed by atoms with Crippen LogP contribution in [0.25, 0.3) is 0 Å². The van der Waals surface area contributed by atoms with E-state index in [0.717, 1.165) is 24.7 Å². The van der Waals surface area contributed by atoms with Crippen LogP contribution in [0.1, 0.15) is 19.5 Å². The average Bonchev–Trinajstić information content (AvgIpc) is 2.28. The highest BCUT2D eigenvalue weighted by atomic mass is 16.5. The van der Waals surface area contributed by atoms with Crippen molar-refractivity contribution in [1.82, 2.24) is 9.97 Å². The van der Waals surface area contributed by atoms with E-state index in [1.165, 1.54) is 0 Å². The third-order valence-corrected chi connectivity index (χ3v) is 2.61. The summed E-state index contributed by atoms with van der Waals surface area (Å²) in [5.41, 5.74) is 6.44. The van der Waals surface area contributed by atoms with Gasteiger partial charge in [-0.25, -0.2) is 9.97 Å². The van der Waals surface area contributed by atoms with Crippen LogP contribution in [0.2, 0.25) is 0 Å². The van der Waals surface area contributed by atoms with Crippen molar-refractivity contribution in [3.05, 3.63) is 18.0 Å². The zero-order valence-electron chi connectivity index (χ0n) is 9.76. The summed E-state index contributed by atoms with van der Waals surface area (Å²) in [5, 5.41) is 0. The second-order valence-corrected chi connectivity index (χ2v) is 4.21. The quantitative estimate of drug-likeness (QED) is 0.791. The van der Waals surface area contributed by atoms with E-state index in [2.05, 4.69) is 28.7 Å². The van der Waals surface area contributed by atoms with Crippen LogP contribution in [0.5, 0.6) is 0 Å². The predicted octanol–water partition coefficient (Wildman–Crippen LogP) is 0.549. The van der Waals surface area contributed by atoms with Gasteiger partial charge < -0.3 is 15.4 Å². The van der Waals surface area contributed by atoms with Gasteiger partial charge in [-0.15, -0.1) is 0 Å². The van der Waals surface area contributed by atoms with E-state index >= 15 is 0 Å². The van der Waals surface area contributed by atoms with Crippen LogP contribution in [-0.2, 0) is 11.3 Å². The van der Waals surface area contributed by atoms with Crippen molar-refractivity contribution in [2.45, 2.75) is 32.6 Å². The van der Waals surface area contributed by atoms with Gasteiger partial charge in [0.25, 0.3) is 0 Å². The van der Waals surface area contributed by atoms with Crippen LogP contribution < -0.4 is 10.6 Å². The lowest BCUT2D eigenvalue weighted by Gasteiger charge is -2.35. The number of aromatic nitrogens is 2. The molecule has 1 aliphatic heterocycles. The minimum atomic E-state index is 0.217. The second-order valence-electron chi connectivity index (χ2n) is 4.21. The van der Waals surface area contributed by atoms with Gasteiger partial charge in [-0.3, -0.25) is 0 Å². The van der Waals surface area contributed by atoms with Crippen molar-refractivity contribution < 1.29 is 4.74 Å². The molecule has 1 aromatic heterocycles. The van der Waals surface area contributed by atoms with Gasteiger partial charge in [0, 0.05) is 25.8 Å². The lowest BCUT2D eigenvalue weighted by atomic mass is 10.2. The predicted molar refractivity (Wildman–Crippen MR) is 62.1 cm³/mol. The summed E-state index contributed by atoms with van der Waals surface area (Å²) < 4.78 is 5.67. The molecule has 5 heteroatoms. The molecule has 16 heavy (non-hydrogen) atoms. The third kappa shape index (κ3) is 2.48. The van der Waals surface area contributed by atoms with Gasteiger partial charge in [0.2, 0.25) is 5.95 Å². The Kier molecular flexibility index (Phi) is 3.36. The highest BCUT2D eigenvalue weighted by Gasteiger charge is 2.23. The second kappa shape index (κ2) is 4.76. The fourth-order valence-corrected chi connectivity index (χ4v) is 1.99. The van der Waals surface area contributed by atoms with Crippen molar-refractivity contribution in [3.63, 3.8) is 0 Å². The van der Waals surface area contributed by atoms with Crippen molar-refractivity contribution >= 4 is 5.95 Å². The first-order chi connectivity index (χ1) is 7.69. The maximum atomic E-state index is 5.67. The van der Waals surface area contributed by atoms with Crippen LogP contribution in [0.3, 0.4) is 0 Å². The standard InChI is InChI=1S/C11H18N4O/c1-8-6-15(7-9(2)16-8)11-13-4-3-10(5-12)14-11/h3-4,8-9H,5-7,12H2,1-2H3. The Hall–Kier alpha value is -1.20. The Morgan fingerprint density at radius 3 is 2.75 bits per heavy atom. The largest absolute Gasteiger partial charge is 0.372 e. The summed E-state index contributed by atoms with van der Waals surface area (Å²) in [4.78, 5) is 10.9. The summed E-state index contributed by atoms with van der Waals surface area (Å²) in [5.74, 6) is 0.755. The number of hydrogen-bond donors (Lipinski definition) is 1. The number of anilines is 1. The molecule has 5 nitrogen and oxygen atoms in total. The Balaban J connectivity index is 2.16. The summed E-state index contributed by atoms with van der Waals surface area (Å²) in [6, 6.07) is 1.84. The van der Waals surface area contributed by atoms with Crippen molar-refractivity contribution in [1.29, 1.82) is 0 Å². The van der Waals surface area contributed by atoms with Gasteiger partial charge in [-0.1, -0.05) is 0 Å². The summed E-state index contributed by atoms with van der Waals surface area (Å²) in [6.07, 6.45) is 2.19. The lowest BCUT2D eigenvalue weighted by Crippen LogP contribution is -2.46. The van der Waals surface area contributed by atoms with E-state index in [1.54, 1.807) is 6.20 Å². The number of nitrogens with two attached hydrogens (primary N) is 1. The van der Waals surface area contributed by atoms with Gasteiger partial charge in [0.05, 0.1) is 17.9 Å². The highest BCUT2D eigenvalue weighted by molar-refractivity contribution is 5.31. The van der Waals surface area contributed by atoms with E-state index < -0.39 is 0 Å². The molecule has 0 spiro atoms. The molecule has 88 valence electrons. The fraction of sp³-hybridized carbons (Fsp3) is 0.636. The molecule has 2 N–H and O–H groups in total. The van der Waals surface area contributed by atoms with E-state index in [0.29, 0.717) is 6.54 Å². The number of ether oxygens (including phenoxy) is 1. The van der Waals surface area contributed by atoms with Gasteiger partial charge in [0.1, 0.15) is 0 Å². The molecule has 1 aliphatic rings. The first-order valence-electron chi connectivity index (χ1n) is 5.61. The molecule has 2 heterocycles. The zero-order valence-corrected chi connectivity index (χ0v) is 9.76. The summed E-state index contributed by atoms with van der Waals surface area (Å²) >= 11 is 0. The topological polar surface area (TPSA) is 64.3 Å².